The number of aromatic nitrogens is 2. The number of benzene rings is 3. The summed E-state index contributed by atoms with van der Waals surface area (Å²) < 4.78 is 46.6. The topological polar surface area (TPSA) is 82.7 Å². The number of nitrogens with two attached hydrogens (primary N) is 1. The number of anilines is 2. The first kappa shape index (κ1) is 32.2. The number of piperazine rings is 1. The van der Waals surface area contributed by atoms with E-state index in [1.54, 1.807) is 19.3 Å². The van der Waals surface area contributed by atoms with Gasteiger partial charge in [-0.3, -0.25) is 9.89 Å². The molecule has 0 amide bonds. The van der Waals surface area contributed by atoms with Gasteiger partial charge in [0.25, 0.3) is 0 Å². The molecule has 49 heavy (non-hydrogen) atoms. The number of nitrogens with zero attached hydrogens (tertiary/aromatic N) is 5. The van der Waals surface area contributed by atoms with Crippen LogP contribution in [-0.2, 0) is 12.8 Å². The van der Waals surface area contributed by atoms with Gasteiger partial charge in [0.05, 0.1) is 17.4 Å². The van der Waals surface area contributed by atoms with Crippen molar-refractivity contribution in [3.05, 3.63) is 70.3 Å². The third-order valence-electron chi connectivity index (χ3n) is 11.6. The smallest absolute Gasteiger partial charge is 0.159 e. The largest absolute Gasteiger partial charge is 0.398 e. The summed E-state index contributed by atoms with van der Waals surface area (Å²) in [5.41, 5.74) is 10.9. The monoisotopic (exact) mass is 667 g/mol. The number of halogens is 3. The minimum atomic E-state index is -0.536. The van der Waals surface area contributed by atoms with E-state index in [0.717, 1.165) is 74.6 Å². The van der Waals surface area contributed by atoms with E-state index in [9.17, 15) is 4.39 Å². The van der Waals surface area contributed by atoms with Crippen LogP contribution < -0.4 is 16.0 Å². The zero-order chi connectivity index (χ0) is 34.0. The Kier molecular flexibility index (Phi) is 8.14. The van der Waals surface area contributed by atoms with Crippen molar-refractivity contribution >= 4 is 39.4 Å². The number of nitrogen functional groups attached to an aromatic ring is 1. The molecule has 5 heterocycles. The molecule has 4 aliphatic heterocycles. The molecule has 4 saturated heterocycles. The van der Waals surface area contributed by atoms with Crippen LogP contribution in [0.25, 0.3) is 32.8 Å². The van der Waals surface area contributed by atoms with Gasteiger partial charge in [-0.25, -0.2) is 23.1 Å². The molecular weight excluding hydrogens is 623 g/mol. The minimum Gasteiger partial charge on any atom is -0.398 e. The van der Waals surface area contributed by atoms with E-state index in [1.165, 1.54) is 6.07 Å². The van der Waals surface area contributed by atoms with Gasteiger partial charge in [-0.1, -0.05) is 25.1 Å². The fourth-order valence-electron chi connectivity index (χ4n) is 9.41. The first-order valence-electron chi connectivity index (χ1n) is 17.7. The van der Waals surface area contributed by atoms with E-state index in [4.69, 9.17) is 15.7 Å². The summed E-state index contributed by atoms with van der Waals surface area (Å²) in [5, 5.41) is 5.74. The standard InChI is InChI=1S/C39H44F3N7/c1-4-27-30(41)9-6-24-14-22(2)15-28(32(24)27)33-35(42)37-34(29(18-44-3)36(33)43)38(48-20-25-7-8-26(21-48)45-25)47-31(46-37)10-12-39-11-5-13-49(39)19-23(16-39)17-40/h6,9,14-15,17-18,25-26,45H,4-5,7-8,10-13,16,19-21,43H2,1-3H3/b23-17-,44-18?. The van der Waals surface area contributed by atoms with Crippen LogP contribution in [0.15, 0.2) is 41.2 Å². The molecular formula is C39H44F3N7. The first-order valence-corrected chi connectivity index (χ1v) is 17.7. The second-order valence-electron chi connectivity index (χ2n) is 14.6. The van der Waals surface area contributed by atoms with Gasteiger partial charge in [-0.2, -0.15) is 0 Å². The molecule has 4 aliphatic rings. The van der Waals surface area contributed by atoms with Gasteiger partial charge in [0, 0.05) is 68.1 Å². The molecule has 4 fully saturated rings. The average molecular weight is 668 g/mol. The molecule has 8 rings (SSSR count). The first-order chi connectivity index (χ1) is 23.7. The highest BCUT2D eigenvalue weighted by molar-refractivity contribution is 6.14. The number of hydrogen-bond acceptors (Lipinski definition) is 7. The van der Waals surface area contributed by atoms with Gasteiger partial charge in [0.15, 0.2) is 5.82 Å². The second-order valence-corrected chi connectivity index (χ2v) is 14.6. The molecule has 3 aromatic carbocycles. The van der Waals surface area contributed by atoms with E-state index in [0.29, 0.717) is 77.0 Å². The van der Waals surface area contributed by atoms with Crippen molar-refractivity contribution in [2.24, 2.45) is 4.99 Å². The Bertz CT molecular complexity index is 2030. The highest BCUT2D eigenvalue weighted by atomic mass is 19.1. The molecule has 10 heteroatoms. The fraction of sp³-hybridized carbons (Fsp3) is 0.462. The molecule has 3 unspecified atom stereocenters. The zero-order valence-electron chi connectivity index (χ0n) is 28.6. The predicted octanol–water partition coefficient (Wildman–Crippen LogP) is 7.19. The molecule has 0 spiro atoms. The van der Waals surface area contributed by atoms with Crippen LogP contribution in [0.3, 0.4) is 0 Å². The van der Waals surface area contributed by atoms with E-state index < -0.39 is 5.82 Å². The Morgan fingerprint density at radius 2 is 1.92 bits per heavy atom. The van der Waals surface area contributed by atoms with Crippen LogP contribution in [-0.4, -0.2) is 71.9 Å². The maximum atomic E-state index is 17.6. The van der Waals surface area contributed by atoms with Gasteiger partial charge in [-0.15, -0.1) is 0 Å². The van der Waals surface area contributed by atoms with Crippen LogP contribution in [0.5, 0.6) is 0 Å². The second kappa shape index (κ2) is 12.4. The lowest BCUT2D eigenvalue weighted by atomic mass is 9.87. The van der Waals surface area contributed by atoms with E-state index in [-0.39, 0.29) is 28.1 Å². The number of rotatable bonds is 7. The molecule has 0 radical (unpaired) electrons. The van der Waals surface area contributed by atoms with Gasteiger partial charge in [0.1, 0.15) is 23.0 Å². The number of nitrogens with one attached hydrogen (secondary N) is 1. The highest BCUT2D eigenvalue weighted by Crippen LogP contribution is 2.46. The average Bonchev–Trinajstić information content (AvgIpc) is 3.76. The maximum absolute atomic E-state index is 17.6. The van der Waals surface area contributed by atoms with Crippen molar-refractivity contribution in [2.75, 3.05) is 43.9 Å². The molecule has 4 aromatic rings. The molecule has 0 aliphatic carbocycles. The number of fused-ring (bicyclic) bond motifs is 5. The van der Waals surface area contributed by atoms with Crippen molar-refractivity contribution in [1.29, 1.82) is 0 Å². The van der Waals surface area contributed by atoms with Gasteiger partial charge >= 0.3 is 0 Å². The van der Waals surface area contributed by atoms with Crippen LogP contribution in [0, 0.1) is 18.6 Å². The molecule has 3 N–H and O–H groups in total. The Labute approximate surface area is 285 Å². The maximum Gasteiger partial charge on any atom is 0.159 e. The number of aryl methyl sites for hydroxylation is 3. The molecule has 256 valence electrons. The summed E-state index contributed by atoms with van der Waals surface area (Å²) >= 11 is 0. The molecule has 0 saturated carbocycles. The number of aliphatic imine (C=N–C) groups is 1. The Hall–Kier alpha value is -4.02. The van der Waals surface area contributed by atoms with E-state index >= 15 is 8.78 Å². The lowest BCUT2D eigenvalue weighted by Gasteiger charge is -2.35. The van der Waals surface area contributed by atoms with Crippen LogP contribution in [0.4, 0.5) is 24.7 Å². The van der Waals surface area contributed by atoms with Gasteiger partial charge in [-0.05, 0) is 97.5 Å². The Morgan fingerprint density at radius 3 is 2.65 bits per heavy atom. The molecule has 7 nitrogen and oxygen atoms in total. The minimum absolute atomic E-state index is 0.128. The zero-order valence-corrected chi connectivity index (χ0v) is 28.6. The summed E-state index contributed by atoms with van der Waals surface area (Å²) in [6.07, 6.45) is 9.13. The Morgan fingerprint density at radius 1 is 1.12 bits per heavy atom. The summed E-state index contributed by atoms with van der Waals surface area (Å²) in [5.74, 6) is 0.381. The summed E-state index contributed by atoms with van der Waals surface area (Å²) in [6.45, 7) is 6.97. The molecule has 3 atom stereocenters. The highest BCUT2D eigenvalue weighted by Gasteiger charge is 2.46. The third kappa shape index (κ3) is 5.30. The lowest BCUT2D eigenvalue weighted by molar-refractivity contribution is 0.182. The van der Waals surface area contributed by atoms with Gasteiger partial charge in [0.2, 0.25) is 0 Å². The van der Waals surface area contributed by atoms with E-state index in [2.05, 4.69) is 20.1 Å². The SMILES string of the molecule is CCc1c(F)ccc2cc(C)cc(-c3c(N)c(C=NC)c4c(N5CC6CCC(C5)N6)nc(CCC56CCCN5C/C(=C\F)C6)nc4c3F)c12. The normalized spacial score (nSPS) is 24.8. The van der Waals surface area contributed by atoms with E-state index in [1.807, 2.05) is 26.0 Å². The van der Waals surface area contributed by atoms with Crippen molar-refractivity contribution in [3.63, 3.8) is 0 Å². The predicted molar refractivity (Wildman–Crippen MR) is 192 cm³/mol. The van der Waals surface area contributed by atoms with Crippen molar-refractivity contribution in [1.82, 2.24) is 20.2 Å². The molecule has 2 bridgehead atoms. The quantitative estimate of drug-likeness (QED) is 0.160. The number of hydrogen-bond donors (Lipinski definition) is 2. The van der Waals surface area contributed by atoms with Crippen molar-refractivity contribution in [3.8, 4) is 11.1 Å². The molecule has 1 aromatic heterocycles. The Balaban J connectivity index is 1.36. The summed E-state index contributed by atoms with van der Waals surface area (Å²) in [7, 11) is 1.68. The lowest BCUT2D eigenvalue weighted by Crippen LogP contribution is -2.51. The van der Waals surface area contributed by atoms with Gasteiger partial charge < -0.3 is 16.0 Å². The summed E-state index contributed by atoms with van der Waals surface area (Å²) in [6, 6.07) is 7.78. The fourth-order valence-corrected chi connectivity index (χ4v) is 9.41. The van der Waals surface area contributed by atoms with Crippen LogP contribution >= 0.6 is 0 Å². The van der Waals surface area contributed by atoms with Crippen molar-refractivity contribution < 1.29 is 13.2 Å². The third-order valence-corrected chi connectivity index (χ3v) is 11.6. The van der Waals surface area contributed by atoms with Crippen molar-refractivity contribution in [2.45, 2.75) is 82.8 Å². The summed E-state index contributed by atoms with van der Waals surface area (Å²) in [4.78, 5) is 19.3. The van der Waals surface area contributed by atoms with Crippen LogP contribution in [0.2, 0.25) is 0 Å². The van der Waals surface area contributed by atoms with Crippen LogP contribution in [0.1, 0.15) is 68.0 Å².